The van der Waals surface area contributed by atoms with Gasteiger partial charge in [0.25, 0.3) is 11.8 Å². The highest BCUT2D eigenvalue weighted by Crippen LogP contribution is 2.30. The third-order valence-corrected chi connectivity index (χ3v) is 5.22. The number of nitrogens with zero attached hydrogens (tertiary/aromatic N) is 1. The Morgan fingerprint density at radius 1 is 1.03 bits per heavy atom. The molecule has 3 aromatic carbocycles. The molecule has 1 aliphatic heterocycles. The third kappa shape index (κ3) is 5.07. The SMILES string of the molecule is COc1cc(/C=C2/C(=O)NC(=O)N(c3cccc(F)c3)C2=O)ccc1OCc1cccc(C(=O)[O-])c1. The molecule has 0 aromatic heterocycles. The van der Waals surface area contributed by atoms with Gasteiger partial charge in [-0.25, -0.2) is 14.1 Å². The van der Waals surface area contributed by atoms with Crippen LogP contribution in [0.4, 0.5) is 14.9 Å². The van der Waals surface area contributed by atoms with Gasteiger partial charge in [-0.3, -0.25) is 14.9 Å². The Bertz CT molecular complexity index is 1420. The number of nitrogens with one attached hydrogen (secondary N) is 1. The van der Waals surface area contributed by atoms with Crippen molar-refractivity contribution in [3.8, 4) is 11.5 Å². The van der Waals surface area contributed by atoms with Crippen molar-refractivity contribution in [1.82, 2.24) is 5.32 Å². The van der Waals surface area contributed by atoms with Crippen LogP contribution in [0.5, 0.6) is 11.5 Å². The molecule has 9 nitrogen and oxygen atoms in total. The lowest BCUT2D eigenvalue weighted by molar-refractivity contribution is -0.255. The van der Waals surface area contributed by atoms with Crippen molar-refractivity contribution >= 4 is 35.6 Å². The summed E-state index contributed by atoms with van der Waals surface area (Å²) in [5, 5.41) is 13.1. The number of carboxylic acid groups (broad SMARTS) is 1. The molecule has 1 heterocycles. The number of ether oxygens (including phenoxy) is 2. The molecule has 0 unspecified atom stereocenters. The van der Waals surface area contributed by atoms with Gasteiger partial charge in [0.05, 0.1) is 18.8 Å². The number of amides is 4. The van der Waals surface area contributed by atoms with Gasteiger partial charge in [0.2, 0.25) is 0 Å². The Kier molecular flexibility index (Phi) is 6.77. The van der Waals surface area contributed by atoms with Gasteiger partial charge >= 0.3 is 6.03 Å². The number of anilines is 1. The van der Waals surface area contributed by atoms with Crippen LogP contribution in [0.25, 0.3) is 6.08 Å². The molecule has 0 spiro atoms. The Labute approximate surface area is 204 Å². The Balaban J connectivity index is 1.58. The second-order valence-corrected chi connectivity index (χ2v) is 7.62. The zero-order chi connectivity index (χ0) is 25.8. The largest absolute Gasteiger partial charge is 0.545 e. The Morgan fingerprint density at radius 2 is 1.81 bits per heavy atom. The highest BCUT2D eigenvalue weighted by molar-refractivity contribution is 6.39. The fourth-order valence-corrected chi connectivity index (χ4v) is 3.52. The summed E-state index contributed by atoms with van der Waals surface area (Å²) in [6, 6.07) is 14.6. The molecule has 3 aromatic rings. The van der Waals surface area contributed by atoms with Gasteiger partial charge in [0.15, 0.2) is 11.5 Å². The summed E-state index contributed by atoms with van der Waals surface area (Å²) in [5.41, 5.74) is 0.640. The number of benzene rings is 3. The predicted octanol–water partition coefficient (Wildman–Crippen LogP) is 2.44. The van der Waals surface area contributed by atoms with E-state index in [9.17, 15) is 28.7 Å². The predicted molar refractivity (Wildman–Crippen MR) is 124 cm³/mol. The normalized spacial score (nSPS) is 14.6. The molecule has 4 rings (SSSR count). The summed E-state index contributed by atoms with van der Waals surface area (Å²) in [4.78, 5) is 49.3. The van der Waals surface area contributed by atoms with Gasteiger partial charge in [-0.15, -0.1) is 0 Å². The van der Waals surface area contributed by atoms with Crippen molar-refractivity contribution in [3.63, 3.8) is 0 Å². The molecule has 10 heteroatoms. The first-order chi connectivity index (χ1) is 17.3. The minimum Gasteiger partial charge on any atom is -0.545 e. The maximum Gasteiger partial charge on any atom is 0.335 e. The van der Waals surface area contributed by atoms with E-state index in [1.165, 1.54) is 43.5 Å². The zero-order valence-corrected chi connectivity index (χ0v) is 18.8. The number of carbonyl (C=O) groups excluding carboxylic acids is 4. The average Bonchev–Trinajstić information content (AvgIpc) is 2.85. The maximum atomic E-state index is 13.6. The van der Waals surface area contributed by atoms with Crippen molar-refractivity contribution < 1.29 is 38.1 Å². The number of imide groups is 2. The van der Waals surface area contributed by atoms with Gasteiger partial charge in [-0.1, -0.05) is 30.3 Å². The first-order valence-electron chi connectivity index (χ1n) is 10.5. The number of methoxy groups -OCH3 is 1. The van der Waals surface area contributed by atoms with Crippen molar-refractivity contribution in [2.24, 2.45) is 0 Å². The molecular formula is C26H18FN2O7-. The van der Waals surface area contributed by atoms with E-state index >= 15 is 0 Å². The molecule has 0 atom stereocenters. The zero-order valence-electron chi connectivity index (χ0n) is 18.8. The molecule has 0 bridgehead atoms. The van der Waals surface area contributed by atoms with Crippen LogP contribution in [0.1, 0.15) is 21.5 Å². The third-order valence-electron chi connectivity index (χ3n) is 5.22. The minimum atomic E-state index is -1.30. The van der Waals surface area contributed by atoms with E-state index in [4.69, 9.17) is 9.47 Å². The fourth-order valence-electron chi connectivity index (χ4n) is 3.52. The molecule has 1 N–H and O–H groups in total. The number of hydrogen-bond acceptors (Lipinski definition) is 7. The highest BCUT2D eigenvalue weighted by atomic mass is 19.1. The van der Waals surface area contributed by atoms with E-state index in [2.05, 4.69) is 5.32 Å². The first kappa shape index (κ1) is 24.1. The van der Waals surface area contributed by atoms with E-state index in [-0.39, 0.29) is 29.2 Å². The van der Waals surface area contributed by atoms with Crippen LogP contribution in [0.2, 0.25) is 0 Å². The lowest BCUT2D eigenvalue weighted by Crippen LogP contribution is -2.54. The van der Waals surface area contributed by atoms with Crippen LogP contribution >= 0.6 is 0 Å². The van der Waals surface area contributed by atoms with E-state index in [1.807, 2.05) is 0 Å². The van der Waals surface area contributed by atoms with E-state index in [0.29, 0.717) is 21.8 Å². The number of urea groups is 1. The Morgan fingerprint density at radius 3 is 2.53 bits per heavy atom. The second-order valence-electron chi connectivity index (χ2n) is 7.62. The molecule has 0 radical (unpaired) electrons. The van der Waals surface area contributed by atoms with Crippen molar-refractivity contribution in [3.05, 3.63) is 94.8 Å². The summed E-state index contributed by atoms with van der Waals surface area (Å²) < 4.78 is 24.7. The number of barbiturate groups is 1. The van der Waals surface area contributed by atoms with Crippen molar-refractivity contribution in [2.75, 3.05) is 12.0 Å². The molecule has 1 saturated heterocycles. The lowest BCUT2D eigenvalue weighted by atomic mass is 10.1. The summed E-state index contributed by atoms with van der Waals surface area (Å²) >= 11 is 0. The summed E-state index contributed by atoms with van der Waals surface area (Å²) in [7, 11) is 1.40. The lowest BCUT2D eigenvalue weighted by Gasteiger charge is -2.26. The number of rotatable bonds is 7. The molecule has 36 heavy (non-hydrogen) atoms. The molecule has 0 aliphatic carbocycles. The molecule has 4 amide bonds. The van der Waals surface area contributed by atoms with Crippen LogP contribution in [0.3, 0.4) is 0 Å². The van der Waals surface area contributed by atoms with Crippen LogP contribution in [0, 0.1) is 5.82 Å². The second kappa shape index (κ2) is 10.1. The maximum absolute atomic E-state index is 13.6. The van der Waals surface area contributed by atoms with Gasteiger partial charge in [0, 0.05) is 0 Å². The van der Waals surface area contributed by atoms with Crippen LogP contribution in [-0.2, 0) is 16.2 Å². The van der Waals surface area contributed by atoms with E-state index < -0.39 is 29.6 Å². The van der Waals surface area contributed by atoms with Crippen molar-refractivity contribution in [1.29, 1.82) is 0 Å². The minimum absolute atomic E-state index is 0.0197. The monoisotopic (exact) mass is 489 g/mol. The Hall–Kier alpha value is -4.99. The summed E-state index contributed by atoms with van der Waals surface area (Å²) in [6.07, 6.45) is 1.27. The highest BCUT2D eigenvalue weighted by Gasteiger charge is 2.37. The standard InChI is InChI=1S/C26H19FN2O7/c1-35-22-12-15(8-9-21(22)36-14-16-4-2-5-17(10-16)25(32)33)11-20-23(30)28-26(34)29(24(20)31)19-7-3-6-18(27)13-19/h2-13H,14H2,1H3,(H,32,33)(H,28,30,34)/p-1/b20-11-. The fraction of sp³-hybridized carbons (Fsp3) is 0.0769. The number of carboxylic acids is 1. The summed E-state index contributed by atoms with van der Waals surface area (Å²) in [5.74, 6) is -3.16. The van der Waals surface area contributed by atoms with Crippen LogP contribution in [-0.4, -0.2) is 30.9 Å². The van der Waals surface area contributed by atoms with Crippen LogP contribution < -0.4 is 24.8 Å². The average molecular weight is 489 g/mol. The number of halogens is 1. The number of aromatic carboxylic acids is 1. The number of carbonyl (C=O) groups is 4. The van der Waals surface area contributed by atoms with Gasteiger partial charge < -0.3 is 19.4 Å². The number of hydrogen-bond donors (Lipinski definition) is 1. The van der Waals surface area contributed by atoms with E-state index in [0.717, 1.165) is 12.1 Å². The van der Waals surface area contributed by atoms with Crippen molar-refractivity contribution in [2.45, 2.75) is 6.61 Å². The topological polar surface area (TPSA) is 125 Å². The first-order valence-corrected chi connectivity index (χ1v) is 10.5. The molecule has 1 fully saturated rings. The van der Waals surface area contributed by atoms with Gasteiger partial charge in [-0.05, 0) is 59.2 Å². The van der Waals surface area contributed by atoms with Gasteiger partial charge in [-0.2, -0.15) is 0 Å². The summed E-state index contributed by atoms with van der Waals surface area (Å²) in [6.45, 7) is 0.0452. The van der Waals surface area contributed by atoms with E-state index in [1.54, 1.807) is 24.3 Å². The van der Waals surface area contributed by atoms with Crippen LogP contribution in [0.15, 0.2) is 72.3 Å². The smallest absolute Gasteiger partial charge is 0.335 e. The molecular weight excluding hydrogens is 471 g/mol. The quantitative estimate of drug-likeness (QED) is 0.399. The molecule has 1 aliphatic rings. The molecule has 0 saturated carbocycles. The molecule has 182 valence electrons. The van der Waals surface area contributed by atoms with Gasteiger partial charge in [0.1, 0.15) is 18.0 Å².